The van der Waals surface area contributed by atoms with Crippen molar-refractivity contribution in [1.82, 2.24) is 0 Å². The Labute approximate surface area is 159 Å². The molecule has 2 aromatic carbocycles. The molecule has 26 heavy (non-hydrogen) atoms. The highest BCUT2D eigenvalue weighted by Crippen LogP contribution is 2.25. The van der Waals surface area contributed by atoms with E-state index in [1.54, 1.807) is 0 Å². The lowest BCUT2D eigenvalue weighted by Gasteiger charge is -2.14. The predicted octanol–water partition coefficient (Wildman–Crippen LogP) is 7.19. The van der Waals surface area contributed by atoms with E-state index in [2.05, 4.69) is 57.2 Å². The Balaban J connectivity index is 1.83. The molecule has 1 unspecified atom stereocenters. The molecule has 0 spiro atoms. The fourth-order valence-electron chi connectivity index (χ4n) is 2.97. The van der Waals surface area contributed by atoms with Crippen molar-refractivity contribution in [2.45, 2.75) is 65.4 Å². The Morgan fingerprint density at radius 1 is 0.692 bits per heavy atom. The van der Waals surface area contributed by atoms with Gasteiger partial charge in [0.15, 0.2) is 0 Å². The molecule has 2 rings (SSSR count). The van der Waals surface area contributed by atoms with Crippen molar-refractivity contribution in [1.29, 1.82) is 0 Å². The Morgan fingerprint density at radius 2 is 1.31 bits per heavy atom. The van der Waals surface area contributed by atoms with Crippen LogP contribution in [-0.4, -0.2) is 13.2 Å². The molecule has 0 amide bonds. The van der Waals surface area contributed by atoms with Crippen LogP contribution in [0.3, 0.4) is 0 Å². The maximum Gasteiger partial charge on any atom is 0.119 e. The van der Waals surface area contributed by atoms with Crippen molar-refractivity contribution >= 4 is 0 Å². The molecule has 2 nitrogen and oxygen atoms in total. The smallest absolute Gasteiger partial charge is 0.119 e. The molecule has 2 heteroatoms. The van der Waals surface area contributed by atoms with Crippen molar-refractivity contribution < 1.29 is 9.47 Å². The summed E-state index contributed by atoms with van der Waals surface area (Å²) in [5.41, 5.74) is 3.68. The van der Waals surface area contributed by atoms with Gasteiger partial charge in [-0.2, -0.15) is 0 Å². The predicted molar refractivity (Wildman–Crippen MR) is 111 cm³/mol. The van der Waals surface area contributed by atoms with Crippen molar-refractivity contribution in [3.63, 3.8) is 0 Å². The van der Waals surface area contributed by atoms with Gasteiger partial charge in [-0.05, 0) is 48.6 Å². The SMILES string of the molecule is CCCCCCCOC(C)c1ccc(-c2ccc(OCCC)cc2)cc1. The molecule has 0 fully saturated rings. The summed E-state index contributed by atoms with van der Waals surface area (Å²) < 4.78 is 11.6. The van der Waals surface area contributed by atoms with Gasteiger partial charge in [0.25, 0.3) is 0 Å². The van der Waals surface area contributed by atoms with E-state index in [4.69, 9.17) is 9.47 Å². The Hall–Kier alpha value is -1.80. The van der Waals surface area contributed by atoms with E-state index < -0.39 is 0 Å². The van der Waals surface area contributed by atoms with E-state index in [9.17, 15) is 0 Å². The fraction of sp³-hybridized carbons (Fsp3) is 0.500. The maximum absolute atomic E-state index is 5.99. The van der Waals surface area contributed by atoms with Crippen LogP contribution < -0.4 is 4.74 Å². The number of benzene rings is 2. The Kier molecular flexibility index (Phi) is 9.27. The molecule has 142 valence electrons. The molecule has 2 aromatic rings. The first-order valence-electron chi connectivity index (χ1n) is 10.2. The Bertz CT molecular complexity index is 601. The molecule has 0 bridgehead atoms. The van der Waals surface area contributed by atoms with Gasteiger partial charge in [0.05, 0.1) is 12.7 Å². The molecule has 0 radical (unpaired) electrons. The lowest BCUT2D eigenvalue weighted by Crippen LogP contribution is -2.01. The molecule has 0 saturated carbocycles. The summed E-state index contributed by atoms with van der Waals surface area (Å²) in [5, 5.41) is 0. The molecular weight excluding hydrogens is 320 g/mol. The number of rotatable bonds is 12. The average molecular weight is 355 g/mol. The van der Waals surface area contributed by atoms with Crippen LogP contribution in [0.1, 0.15) is 71.0 Å². The van der Waals surface area contributed by atoms with E-state index in [1.807, 2.05) is 12.1 Å². The number of hydrogen-bond donors (Lipinski definition) is 0. The van der Waals surface area contributed by atoms with E-state index >= 15 is 0 Å². The van der Waals surface area contributed by atoms with Crippen molar-refractivity contribution in [3.05, 3.63) is 54.1 Å². The summed E-state index contributed by atoms with van der Waals surface area (Å²) >= 11 is 0. The van der Waals surface area contributed by atoms with Crippen LogP contribution >= 0.6 is 0 Å². The fourth-order valence-corrected chi connectivity index (χ4v) is 2.97. The first kappa shape index (κ1) is 20.5. The van der Waals surface area contributed by atoms with Gasteiger partial charge in [0.2, 0.25) is 0 Å². The number of hydrogen-bond acceptors (Lipinski definition) is 2. The molecule has 0 N–H and O–H groups in total. The van der Waals surface area contributed by atoms with Crippen LogP contribution in [-0.2, 0) is 4.74 Å². The normalized spacial score (nSPS) is 12.1. The highest BCUT2D eigenvalue weighted by molar-refractivity contribution is 5.64. The second-order valence-corrected chi connectivity index (χ2v) is 6.92. The molecule has 0 aliphatic rings. The van der Waals surface area contributed by atoms with Gasteiger partial charge >= 0.3 is 0 Å². The monoisotopic (exact) mass is 354 g/mol. The molecule has 0 aromatic heterocycles. The minimum absolute atomic E-state index is 0.153. The van der Waals surface area contributed by atoms with Gasteiger partial charge in [0.1, 0.15) is 5.75 Å². The third-order valence-electron chi connectivity index (χ3n) is 4.66. The van der Waals surface area contributed by atoms with Crippen molar-refractivity contribution in [2.24, 2.45) is 0 Å². The van der Waals surface area contributed by atoms with E-state index in [0.29, 0.717) is 0 Å². The molecule has 0 aliphatic carbocycles. The van der Waals surface area contributed by atoms with Crippen LogP contribution in [0.15, 0.2) is 48.5 Å². The summed E-state index contributed by atoms with van der Waals surface area (Å²) in [7, 11) is 0. The summed E-state index contributed by atoms with van der Waals surface area (Å²) in [4.78, 5) is 0. The van der Waals surface area contributed by atoms with Crippen LogP contribution in [0.25, 0.3) is 11.1 Å². The van der Waals surface area contributed by atoms with Gasteiger partial charge in [-0.15, -0.1) is 0 Å². The zero-order valence-electron chi connectivity index (χ0n) is 16.7. The quantitative estimate of drug-likeness (QED) is 0.375. The highest BCUT2D eigenvalue weighted by atomic mass is 16.5. The molecule has 0 saturated heterocycles. The third-order valence-corrected chi connectivity index (χ3v) is 4.66. The topological polar surface area (TPSA) is 18.5 Å². The van der Waals surface area contributed by atoms with Gasteiger partial charge in [-0.25, -0.2) is 0 Å². The third kappa shape index (κ3) is 6.84. The molecular formula is C24H34O2. The number of ether oxygens (including phenoxy) is 2. The first-order chi connectivity index (χ1) is 12.7. The van der Waals surface area contributed by atoms with E-state index in [0.717, 1.165) is 31.8 Å². The second kappa shape index (κ2) is 11.7. The van der Waals surface area contributed by atoms with E-state index in [-0.39, 0.29) is 6.10 Å². The lowest BCUT2D eigenvalue weighted by atomic mass is 10.0. The molecule has 0 aliphatic heterocycles. The summed E-state index contributed by atoms with van der Waals surface area (Å²) in [6, 6.07) is 17.0. The summed E-state index contributed by atoms with van der Waals surface area (Å²) in [6.07, 6.45) is 7.57. The summed E-state index contributed by atoms with van der Waals surface area (Å²) in [5.74, 6) is 0.938. The van der Waals surface area contributed by atoms with Gasteiger partial charge in [-0.1, -0.05) is 75.9 Å². The zero-order valence-corrected chi connectivity index (χ0v) is 16.7. The zero-order chi connectivity index (χ0) is 18.6. The summed E-state index contributed by atoms with van der Waals surface area (Å²) in [6.45, 7) is 8.13. The number of unbranched alkanes of at least 4 members (excludes halogenated alkanes) is 4. The molecule has 0 heterocycles. The van der Waals surface area contributed by atoms with Crippen LogP contribution in [0, 0.1) is 0 Å². The highest BCUT2D eigenvalue weighted by Gasteiger charge is 2.06. The second-order valence-electron chi connectivity index (χ2n) is 6.92. The van der Waals surface area contributed by atoms with E-state index in [1.165, 1.54) is 42.4 Å². The van der Waals surface area contributed by atoms with Gasteiger partial charge in [0, 0.05) is 6.61 Å². The minimum atomic E-state index is 0.153. The minimum Gasteiger partial charge on any atom is -0.494 e. The van der Waals surface area contributed by atoms with Crippen molar-refractivity contribution in [3.8, 4) is 16.9 Å². The maximum atomic E-state index is 5.99. The van der Waals surface area contributed by atoms with Crippen molar-refractivity contribution in [2.75, 3.05) is 13.2 Å². The molecule has 1 atom stereocenters. The van der Waals surface area contributed by atoms with Crippen LogP contribution in [0.2, 0.25) is 0 Å². The largest absolute Gasteiger partial charge is 0.494 e. The average Bonchev–Trinajstić information content (AvgIpc) is 2.69. The van der Waals surface area contributed by atoms with Gasteiger partial charge in [-0.3, -0.25) is 0 Å². The van der Waals surface area contributed by atoms with Gasteiger partial charge < -0.3 is 9.47 Å². The van der Waals surface area contributed by atoms with Crippen LogP contribution in [0.5, 0.6) is 5.75 Å². The lowest BCUT2D eigenvalue weighted by molar-refractivity contribution is 0.0627. The first-order valence-corrected chi connectivity index (χ1v) is 10.2. The standard InChI is InChI=1S/C24H34O2/c1-4-6-7-8-9-19-25-20(3)21-10-12-22(13-11-21)23-14-16-24(17-15-23)26-18-5-2/h10-17,20H,4-9,18-19H2,1-3H3. The Morgan fingerprint density at radius 3 is 1.92 bits per heavy atom. The van der Waals surface area contributed by atoms with Crippen LogP contribution in [0.4, 0.5) is 0 Å².